The summed E-state index contributed by atoms with van der Waals surface area (Å²) in [7, 11) is 1.68. The van der Waals surface area contributed by atoms with Crippen molar-refractivity contribution in [2.45, 2.75) is 12.5 Å². The van der Waals surface area contributed by atoms with Gasteiger partial charge in [0.05, 0.1) is 7.11 Å². The zero-order valence-corrected chi connectivity index (χ0v) is 11.6. The van der Waals surface area contributed by atoms with Crippen molar-refractivity contribution in [3.05, 3.63) is 34.3 Å². The lowest BCUT2D eigenvalue weighted by molar-refractivity contribution is 0.138. The Kier molecular flexibility index (Phi) is 3.35. The van der Waals surface area contributed by atoms with Crippen LogP contribution >= 0.6 is 11.3 Å². The number of nitrogens with zero attached hydrogens (tertiary/aromatic N) is 3. The Morgan fingerprint density at radius 3 is 3.00 bits per heavy atom. The molecule has 1 aromatic heterocycles. The molecule has 2 heterocycles. The van der Waals surface area contributed by atoms with E-state index in [1.807, 2.05) is 18.2 Å². The van der Waals surface area contributed by atoms with Crippen molar-refractivity contribution < 1.29 is 4.74 Å². The molecule has 3 rings (SSSR count). The molecule has 0 aliphatic carbocycles. The van der Waals surface area contributed by atoms with Gasteiger partial charge in [-0.1, -0.05) is 6.07 Å². The fourth-order valence-corrected chi connectivity index (χ4v) is 3.02. The quantitative estimate of drug-likeness (QED) is 0.862. The molecule has 0 radical (unpaired) electrons. The summed E-state index contributed by atoms with van der Waals surface area (Å²) in [5.74, 6) is 1.38. The van der Waals surface area contributed by atoms with Gasteiger partial charge in [-0.05, 0) is 12.1 Å². The molecule has 0 unspecified atom stereocenters. The predicted molar refractivity (Wildman–Crippen MR) is 75.3 cm³/mol. The van der Waals surface area contributed by atoms with Crippen molar-refractivity contribution in [2.75, 3.05) is 25.9 Å². The van der Waals surface area contributed by atoms with Crippen molar-refractivity contribution in [3.8, 4) is 5.75 Å². The third-order valence-corrected chi connectivity index (χ3v) is 4.31. The van der Waals surface area contributed by atoms with Crippen LogP contribution in [0.3, 0.4) is 0 Å². The van der Waals surface area contributed by atoms with Gasteiger partial charge in [0.25, 0.3) is 0 Å². The molecule has 0 saturated carbocycles. The van der Waals surface area contributed by atoms with Crippen LogP contribution in [0.2, 0.25) is 0 Å². The molecule has 1 aromatic carbocycles. The lowest BCUT2D eigenvalue weighted by Gasteiger charge is -2.38. The van der Waals surface area contributed by atoms with E-state index in [0.29, 0.717) is 5.92 Å². The van der Waals surface area contributed by atoms with Gasteiger partial charge in [0.2, 0.25) is 0 Å². The first-order valence-corrected chi connectivity index (χ1v) is 7.05. The second kappa shape index (κ2) is 5.14. The summed E-state index contributed by atoms with van der Waals surface area (Å²) in [6.45, 7) is 2.84. The molecule has 2 aromatic rings. The highest BCUT2D eigenvalue weighted by molar-refractivity contribution is 7.09. The molecule has 6 heteroatoms. The van der Waals surface area contributed by atoms with Crippen LogP contribution in [0.1, 0.15) is 16.5 Å². The number of methoxy groups -OCH3 is 1. The molecular formula is C13H16N4OS. The number of aromatic nitrogens is 2. The van der Waals surface area contributed by atoms with Crippen molar-refractivity contribution >= 4 is 17.0 Å². The molecule has 0 spiro atoms. The highest BCUT2D eigenvalue weighted by Crippen LogP contribution is 2.32. The van der Waals surface area contributed by atoms with Gasteiger partial charge in [0.15, 0.2) is 0 Å². The van der Waals surface area contributed by atoms with E-state index in [0.717, 1.165) is 41.6 Å². The maximum atomic E-state index is 6.03. The minimum absolute atomic E-state index is 0.517. The minimum atomic E-state index is 0.517. The summed E-state index contributed by atoms with van der Waals surface area (Å²) in [6, 6.07) is 5.78. The second-order valence-corrected chi connectivity index (χ2v) is 5.56. The van der Waals surface area contributed by atoms with Crippen LogP contribution in [-0.2, 0) is 6.54 Å². The lowest BCUT2D eigenvalue weighted by Crippen LogP contribution is -2.44. The average molecular weight is 276 g/mol. The van der Waals surface area contributed by atoms with E-state index in [2.05, 4.69) is 15.1 Å². The summed E-state index contributed by atoms with van der Waals surface area (Å²) >= 11 is 1.63. The number of likely N-dealkylation sites (tertiary alicyclic amines) is 1. The van der Waals surface area contributed by atoms with Crippen LogP contribution in [0, 0.1) is 0 Å². The Bertz CT molecular complexity index is 552. The standard InChI is InChI=1S/C13H16N4OS/c1-18-12-4-2-3-11(14)10(12)7-17-5-9(6-17)13-16-15-8-19-13/h2-4,8-9H,5-7,14H2,1H3. The molecule has 0 atom stereocenters. The molecule has 1 fully saturated rings. The predicted octanol–water partition coefficient (Wildman–Crippen LogP) is 1.73. The van der Waals surface area contributed by atoms with E-state index >= 15 is 0 Å². The molecule has 1 aliphatic rings. The monoisotopic (exact) mass is 276 g/mol. The number of hydrogen-bond acceptors (Lipinski definition) is 6. The SMILES string of the molecule is COc1cccc(N)c1CN1CC(c2nncs2)C1. The van der Waals surface area contributed by atoms with E-state index in [4.69, 9.17) is 10.5 Å². The molecule has 5 nitrogen and oxygen atoms in total. The molecule has 100 valence electrons. The second-order valence-electron chi connectivity index (χ2n) is 4.70. The van der Waals surface area contributed by atoms with Crippen molar-refractivity contribution in [2.24, 2.45) is 0 Å². The van der Waals surface area contributed by atoms with Crippen LogP contribution in [0.5, 0.6) is 5.75 Å². The Balaban J connectivity index is 1.65. The van der Waals surface area contributed by atoms with Gasteiger partial charge in [-0.15, -0.1) is 21.5 Å². The van der Waals surface area contributed by atoms with Gasteiger partial charge in [-0.3, -0.25) is 4.90 Å². The summed E-state index contributed by atoms with van der Waals surface area (Å²) in [5, 5.41) is 9.14. The zero-order valence-electron chi connectivity index (χ0n) is 10.7. The topological polar surface area (TPSA) is 64.3 Å². The van der Waals surface area contributed by atoms with Crippen LogP contribution in [0.25, 0.3) is 0 Å². The minimum Gasteiger partial charge on any atom is -0.496 e. The fraction of sp³-hybridized carbons (Fsp3) is 0.385. The van der Waals surface area contributed by atoms with E-state index in [-0.39, 0.29) is 0 Å². The first-order valence-electron chi connectivity index (χ1n) is 6.17. The maximum absolute atomic E-state index is 6.03. The molecule has 19 heavy (non-hydrogen) atoms. The highest BCUT2D eigenvalue weighted by Gasteiger charge is 2.31. The first-order chi connectivity index (χ1) is 9.28. The van der Waals surface area contributed by atoms with E-state index in [1.54, 1.807) is 24.0 Å². The summed E-state index contributed by atoms with van der Waals surface area (Å²) in [5.41, 5.74) is 9.67. The number of anilines is 1. The Labute approximate surface area is 116 Å². The van der Waals surface area contributed by atoms with Crippen LogP contribution in [-0.4, -0.2) is 35.3 Å². The molecule has 2 N–H and O–H groups in total. The Hall–Kier alpha value is -1.66. The largest absolute Gasteiger partial charge is 0.496 e. The normalized spacial score (nSPS) is 16.3. The number of nitrogens with two attached hydrogens (primary N) is 1. The zero-order chi connectivity index (χ0) is 13.2. The third-order valence-electron chi connectivity index (χ3n) is 3.45. The number of ether oxygens (including phenoxy) is 1. The molecule has 1 saturated heterocycles. The summed E-state index contributed by atoms with van der Waals surface area (Å²) < 4.78 is 5.37. The average Bonchev–Trinajstić information content (AvgIpc) is 2.88. The van der Waals surface area contributed by atoms with E-state index < -0.39 is 0 Å². The molecular weight excluding hydrogens is 260 g/mol. The summed E-state index contributed by atoms with van der Waals surface area (Å²) in [4.78, 5) is 2.35. The van der Waals surface area contributed by atoms with Gasteiger partial charge in [0.1, 0.15) is 16.3 Å². The Morgan fingerprint density at radius 1 is 1.47 bits per heavy atom. The number of rotatable bonds is 4. The smallest absolute Gasteiger partial charge is 0.125 e. The number of benzene rings is 1. The molecule has 0 amide bonds. The van der Waals surface area contributed by atoms with Crippen LogP contribution in [0.15, 0.2) is 23.7 Å². The highest BCUT2D eigenvalue weighted by atomic mass is 32.1. The summed E-state index contributed by atoms with van der Waals surface area (Å²) in [6.07, 6.45) is 0. The third kappa shape index (κ3) is 2.41. The van der Waals surface area contributed by atoms with Gasteiger partial charge in [0, 0.05) is 36.8 Å². The van der Waals surface area contributed by atoms with Crippen molar-refractivity contribution in [1.82, 2.24) is 15.1 Å². The van der Waals surface area contributed by atoms with Crippen LogP contribution in [0.4, 0.5) is 5.69 Å². The molecule has 0 bridgehead atoms. The maximum Gasteiger partial charge on any atom is 0.125 e. The number of nitrogen functional groups attached to an aromatic ring is 1. The lowest BCUT2D eigenvalue weighted by atomic mass is 9.99. The first kappa shape index (κ1) is 12.4. The van der Waals surface area contributed by atoms with Gasteiger partial charge >= 0.3 is 0 Å². The van der Waals surface area contributed by atoms with Crippen molar-refractivity contribution in [3.63, 3.8) is 0 Å². The van der Waals surface area contributed by atoms with Crippen LogP contribution < -0.4 is 10.5 Å². The van der Waals surface area contributed by atoms with E-state index in [9.17, 15) is 0 Å². The fourth-order valence-electron chi connectivity index (χ4n) is 2.38. The number of hydrogen-bond donors (Lipinski definition) is 1. The van der Waals surface area contributed by atoms with Gasteiger partial charge < -0.3 is 10.5 Å². The van der Waals surface area contributed by atoms with E-state index in [1.165, 1.54) is 0 Å². The Morgan fingerprint density at radius 2 is 2.32 bits per heavy atom. The molecule has 1 aliphatic heterocycles. The van der Waals surface area contributed by atoms with Gasteiger partial charge in [-0.25, -0.2) is 0 Å². The van der Waals surface area contributed by atoms with Gasteiger partial charge in [-0.2, -0.15) is 0 Å². The van der Waals surface area contributed by atoms with Crippen molar-refractivity contribution in [1.29, 1.82) is 0 Å².